The third kappa shape index (κ3) is 9.74. The summed E-state index contributed by atoms with van der Waals surface area (Å²) in [6.07, 6.45) is 6.26. The quantitative estimate of drug-likeness (QED) is 0.496. The summed E-state index contributed by atoms with van der Waals surface area (Å²) in [5.74, 6) is -0.145. The van der Waals surface area contributed by atoms with E-state index in [0.29, 0.717) is 6.42 Å². The standard InChI is InChI=1S/C18H31NO3S/c1-4-5-8-17-10-12-18(13-11-17)9-6-14-19(2,3)15-7-16-23(20,21)22/h10-13H,4-9,14-16H2,1-3H3/p+1. The van der Waals surface area contributed by atoms with Crippen LogP contribution in [-0.2, 0) is 23.0 Å². The molecule has 0 unspecified atom stereocenters. The molecule has 0 heterocycles. The largest absolute Gasteiger partial charge is 0.328 e. The van der Waals surface area contributed by atoms with E-state index in [1.807, 2.05) is 0 Å². The Labute approximate surface area is 141 Å². The zero-order chi connectivity index (χ0) is 17.3. The van der Waals surface area contributed by atoms with Gasteiger partial charge in [-0.15, -0.1) is 0 Å². The summed E-state index contributed by atoms with van der Waals surface area (Å²) in [5, 5.41) is 0. The Kier molecular flexibility index (Phi) is 8.23. The first-order chi connectivity index (χ1) is 10.7. The molecule has 0 aliphatic heterocycles. The van der Waals surface area contributed by atoms with E-state index in [1.165, 1.54) is 24.0 Å². The normalized spacial score (nSPS) is 12.5. The monoisotopic (exact) mass is 342 g/mol. The van der Waals surface area contributed by atoms with Gasteiger partial charge in [0.1, 0.15) is 0 Å². The third-order valence-corrected chi connectivity index (χ3v) is 5.04. The molecule has 0 fully saturated rings. The molecule has 0 aliphatic rings. The molecular weight excluding hydrogens is 310 g/mol. The average Bonchev–Trinajstić information content (AvgIpc) is 2.44. The van der Waals surface area contributed by atoms with Crippen LogP contribution in [0.3, 0.4) is 0 Å². The smallest absolute Gasteiger partial charge is 0.265 e. The first-order valence-corrected chi connectivity index (χ1v) is 10.2. The SMILES string of the molecule is CCCCc1ccc(CCC[N+](C)(C)CCCS(=O)(=O)O)cc1. The maximum atomic E-state index is 10.8. The predicted octanol–water partition coefficient (Wildman–Crippen LogP) is 3.32. The van der Waals surface area contributed by atoms with Gasteiger partial charge in [0, 0.05) is 12.8 Å². The Morgan fingerprint density at radius 1 is 0.913 bits per heavy atom. The molecule has 0 spiro atoms. The summed E-state index contributed by atoms with van der Waals surface area (Å²) >= 11 is 0. The Bertz CT molecular complexity index is 550. The molecular formula is C18H32NO3S+. The highest BCUT2D eigenvalue weighted by atomic mass is 32.2. The van der Waals surface area contributed by atoms with Gasteiger partial charge in [0.05, 0.1) is 32.9 Å². The molecule has 0 bridgehead atoms. The fourth-order valence-electron chi connectivity index (χ4n) is 2.75. The van der Waals surface area contributed by atoms with Gasteiger partial charge in [-0.2, -0.15) is 8.42 Å². The summed E-state index contributed by atoms with van der Waals surface area (Å²) < 4.78 is 31.1. The number of rotatable bonds is 11. The van der Waals surface area contributed by atoms with E-state index in [0.717, 1.165) is 36.8 Å². The van der Waals surface area contributed by atoms with Gasteiger partial charge in [-0.3, -0.25) is 4.55 Å². The molecule has 0 aliphatic carbocycles. The van der Waals surface area contributed by atoms with E-state index in [9.17, 15) is 8.42 Å². The first kappa shape index (κ1) is 20.1. The second-order valence-electron chi connectivity index (χ2n) is 7.05. The van der Waals surface area contributed by atoms with Crippen molar-refractivity contribution in [2.45, 2.75) is 45.4 Å². The van der Waals surface area contributed by atoms with E-state index in [-0.39, 0.29) is 5.75 Å². The Morgan fingerprint density at radius 2 is 1.39 bits per heavy atom. The molecule has 1 rings (SSSR count). The molecule has 0 atom stereocenters. The van der Waals surface area contributed by atoms with Gasteiger partial charge in [0.15, 0.2) is 0 Å². The second-order valence-corrected chi connectivity index (χ2v) is 8.62. The lowest BCUT2D eigenvalue weighted by molar-refractivity contribution is -0.890. The van der Waals surface area contributed by atoms with Crippen molar-refractivity contribution in [3.63, 3.8) is 0 Å². The van der Waals surface area contributed by atoms with Crippen LogP contribution in [0, 0.1) is 0 Å². The summed E-state index contributed by atoms with van der Waals surface area (Å²) in [6.45, 7) is 3.98. The lowest BCUT2D eigenvalue weighted by Crippen LogP contribution is -2.42. The molecule has 1 aromatic rings. The number of aryl methyl sites for hydroxylation is 2. The third-order valence-electron chi connectivity index (χ3n) is 4.24. The summed E-state index contributed by atoms with van der Waals surface area (Å²) in [6, 6.07) is 8.92. The minimum Gasteiger partial charge on any atom is -0.328 e. The van der Waals surface area contributed by atoms with Crippen molar-refractivity contribution in [1.29, 1.82) is 0 Å². The van der Waals surface area contributed by atoms with Crippen molar-refractivity contribution in [2.75, 3.05) is 32.9 Å². The van der Waals surface area contributed by atoms with Crippen molar-refractivity contribution in [3.8, 4) is 0 Å². The number of benzene rings is 1. The van der Waals surface area contributed by atoms with Gasteiger partial charge in [0.25, 0.3) is 10.1 Å². The molecule has 132 valence electrons. The molecule has 0 amide bonds. The minimum absolute atomic E-state index is 0.145. The van der Waals surface area contributed by atoms with Gasteiger partial charge >= 0.3 is 0 Å². The van der Waals surface area contributed by atoms with E-state index in [4.69, 9.17) is 4.55 Å². The number of hydrogen-bond donors (Lipinski definition) is 1. The summed E-state index contributed by atoms with van der Waals surface area (Å²) in [5.41, 5.74) is 2.78. The van der Waals surface area contributed by atoms with Gasteiger partial charge in [0.2, 0.25) is 0 Å². The Balaban J connectivity index is 2.31. The van der Waals surface area contributed by atoms with Gasteiger partial charge in [-0.25, -0.2) is 0 Å². The lowest BCUT2D eigenvalue weighted by Gasteiger charge is -2.29. The van der Waals surface area contributed by atoms with Crippen molar-refractivity contribution in [1.82, 2.24) is 0 Å². The molecule has 1 N–H and O–H groups in total. The van der Waals surface area contributed by atoms with E-state index in [2.05, 4.69) is 45.3 Å². The van der Waals surface area contributed by atoms with Crippen LogP contribution >= 0.6 is 0 Å². The molecule has 0 saturated heterocycles. The van der Waals surface area contributed by atoms with Gasteiger partial charge in [-0.05, 0) is 30.4 Å². The van der Waals surface area contributed by atoms with E-state index >= 15 is 0 Å². The van der Waals surface area contributed by atoms with Crippen LogP contribution in [0.25, 0.3) is 0 Å². The number of unbranched alkanes of at least 4 members (excludes halogenated alkanes) is 1. The molecule has 0 aromatic heterocycles. The van der Waals surface area contributed by atoms with Crippen LogP contribution in [0.15, 0.2) is 24.3 Å². The maximum Gasteiger partial charge on any atom is 0.265 e. The van der Waals surface area contributed by atoms with Crippen LogP contribution < -0.4 is 0 Å². The van der Waals surface area contributed by atoms with Crippen molar-refractivity contribution in [3.05, 3.63) is 35.4 Å². The molecule has 23 heavy (non-hydrogen) atoms. The van der Waals surface area contributed by atoms with Crippen LogP contribution in [0.1, 0.15) is 43.7 Å². The average molecular weight is 343 g/mol. The van der Waals surface area contributed by atoms with Gasteiger partial charge < -0.3 is 4.48 Å². The molecule has 0 radical (unpaired) electrons. The Hall–Kier alpha value is -0.910. The minimum atomic E-state index is -3.83. The van der Waals surface area contributed by atoms with Crippen LogP contribution in [0.2, 0.25) is 0 Å². The fraction of sp³-hybridized carbons (Fsp3) is 0.667. The molecule has 4 nitrogen and oxygen atoms in total. The van der Waals surface area contributed by atoms with Crippen LogP contribution in [-0.4, -0.2) is 50.4 Å². The summed E-state index contributed by atoms with van der Waals surface area (Å²) in [4.78, 5) is 0. The predicted molar refractivity (Wildman–Crippen MR) is 96.3 cm³/mol. The zero-order valence-corrected chi connectivity index (χ0v) is 15.6. The maximum absolute atomic E-state index is 10.8. The Morgan fingerprint density at radius 3 is 1.87 bits per heavy atom. The highest BCUT2D eigenvalue weighted by molar-refractivity contribution is 7.85. The van der Waals surface area contributed by atoms with Crippen molar-refractivity contribution < 1.29 is 17.5 Å². The van der Waals surface area contributed by atoms with Crippen LogP contribution in [0.5, 0.6) is 0 Å². The van der Waals surface area contributed by atoms with Gasteiger partial charge in [-0.1, -0.05) is 37.6 Å². The first-order valence-electron chi connectivity index (χ1n) is 8.57. The topological polar surface area (TPSA) is 54.4 Å². The molecule has 5 heteroatoms. The zero-order valence-electron chi connectivity index (χ0n) is 14.8. The number of hydrogen-bond acceptors (Lipinski definition) is 2. The fourth-order valence-corrected chi connectivity index (χ4v) is 3.25. The van der Waals surface area contributed by atoms with Crippen LogP contribution in [0.4, 0.5) is 0 Å². The highest BCUT2D eigenvalue weighted by Crippen LogP contribution is 2.11. The number of nitrogens with zero attached hydrogens (tertiary/aromatic N) is 1. The number of quaternary nitrogens is 1. The van der Waals surface area contributed by atoms with E-state index in [1.54, 1.807) is 0 Å². The lowest BCUT2D eigenvalue weighted by atomic mass is 10.0. The summed E-state index contributed by atoms with van der Waals surface area (Å²) in [7, 11) is 0.387. The molecule has 1 aromatic carbocycles. The highest BCUT2D eigenvalue weighted by Gasteiger charge is 2.16. The van der Waals surface area contributed by atoms with E-state index < -0.39 is 10.1 Å². The molecule has 0 saturated carbocycles. The van der Waals surface area contributed by atoms with Crippen molar-refractivity contribution >= 4 is 10.1 Å². The second kappa shape index (κ2) is 9.40. The van der Waals surface area contributed by atoms with Crippen molar-refractivity contribution in [2.24, 2.45) is 0 Å².